The average Bonchev–Trinajstić information content (AvgIpc) is 3.07. The molecule has 1 aromatic carbocycles. The predicted octanol–water partition coefficient (Wildman–Crippen LogP) is 1.38. The minimum Gasteiger partial charge on any atom is -0.341 e. The quantitative estimate of drug-likeness (QED) is 0.692. The Morgan fingerprint density at radius 3 is 2.44 bits per heavy atom. The summed E-state index contributed by atoms with van der Waals surface area (Å²) in [6.07, 6.45) is 3.25. The van der Waals surface area contributed by atoms with Crippen molar-refractivity contribution in [2.24, 2.45) is 0 Å². The SMILES string of the molecule is CCC(CC)(NC(=O)c1ccc2c(ccn2S(C)(=O)=O)c1)C(=O)NCC#N. The van der Waals surface area contributed by atoms with E-state index in [9.17, 15) is 18.0 Å². The van der Waals surface area contributed by atoms with E-state index in [1.54, 1.807) is 32.0 Å². The van der Waals surface area contributed by atoms with Crippen molar-refractivity contribution in [2.45, 2.75) is 32.2 Å². The minimum absolute atomic E-state index is 0.137. The summed E-state index contributed by atoms with van der Waals surface area (Å²) in [6.45, 7) is 3.43. The smallest absolute Gasteiger partial charge is 0.252 e. The number of aromatic nitrogens is 1. The molecule has 0 bridgehead atoms. The first kappa shape index (κ1) is 20.5. The molecule has 0 saturated carbocycles. The van der Waals surface area contributed by atoms with Crippen molar-refractivity contribution >= 4 is 32.7 Å². The normalized spacial score (nSPS) is 11.8. The zero-order valence-electron chi connectivity index (χ0n) is 15.4. The fraction of sp³-hybridized carbons (Fsp3) is 0.389. The summed E-state index contributed by atoms with van der Waals surface area (Å²) in [7, 11) is -3.44. The standard InChI is InChI=1S/C18H22N4O4S/c1-4-18(5-2,17(24)20-10-9-19)21-16(23)14-6-7-15-13(12-14)8-11-22(15)27(3,25)26/h6-8,11-12H,4-5,10H2,1-3H3,(H,20,24)(H,21,23). The third kappa shape index (κ3) is 4.11. The molecule has 9 heteroatoms. The highest BCUT2D eigenvalue weighted by Gasteiger charge is 2.36. The van der Waals surface area contributed by atoms with Gasteiger partial charge in [0.1, 0.15) is 12.1 Å². The number of hydrogen-bond donors (Lipinski definition) is 2. The van der Waals surface area contributed by atoms with Gasteiger partial charge in [0.25, 0.3) is 5.91 Å². The Bertz CT molecular complexity index is 1010. The van der Waals surface area contributed by atoms with Gasteiger partial charge in [-0.15, -0.1) is 0 Å². The van der Waals surface area contributed by atoms with Crippen LogP contribution in [0.1, 0.15) is 37.0 Å². The van der Waals surface area contributed by atoms with E-state index < -0.39 is 27.4 Å². The number of carbonyl (C=O) groups is 2. The summed E-state index contributed by atoms with van der Waals surface area (Å²) in [5.74, 6) is -0.855. The average molecular weight is 390 g/mol. The van der Waals surface area contributed by atoms with Gasteiger partial charge in [-0.2, -0.15) is 5.26 Å². The number of nitrogens with one attached hydrogen (secondary N) is 2. The molecule has 2 aromatic rings. The zero-order valence-corrected chi connectivity index (χ0v) is 16.3. The van der Waals surface area contributed by atoms with Crippen LogP contribution in [0.3, 0.4) is 0 Å². The van der Waals surface area contributed by atoms with Crippen LogP contribution in [0, 0.1) is 11.3 Å². The third-order valence-corrected chi connectivity index (χ3v) is 5.63. The first-order valence-electron chi connectivity index (χ1n) is 8.48. The van der Waals surface area contributed by atoms with E-state index in [1.165, 1.54) is 12.3 Å². The Balaban J connectivity index is 2.33. The molecule has 2 amide bonds. The third-order valence-electron chi connectivity index (χ3n) is 4.60. The van der Waals surface area contributed by atoms with Crippen LogP contribution in [-0.2, 0) is 14.8 Å². The second kappa shape index (κ2) is 7.80. The Hall–Kier alpha value is -2.86. The van der Waals surface area contributed by atoms with Gasteiger partial charge in [-0.3, -0.25) is 9.59 Å². The maximum atomic E-state index is 12.7. The van der Waals surface area contributed by atoms with Gasteiger partial charge in [0.2, 0.25) is 15.9 Å². The van der Waals surface area contributed by atoms with Crippen LogP contribution in [0.2, 0.25) is 0 Å². The Labute approximate surface area is 158 Å². The minimum atomic E-state index is -3.44. The molecule has 0 radical (unpaired) electrons. The van der Waals surface area contributed by atoms with Crippen LogP contribution >= 0.6 is 0 Å². The lowest BCUT2D eigenvalue weighted by molar-refractivity contribution is -0.127. The van der Waals surface area contributed by atoms with Crippen LogP contribution in [0.15, 0.2) is 30.5 Å². The van der Waals surface area contributed by atoms with Crippen molar-refractivity contribution in [1.82, 2.24) is 14.6 Å². The molecule has 0 saturated heterocycles. The van der Waals surface area contributed by atoms with Gasteiger partial charge < -0.3 is 10.6 Å². The number of rotatable bonds is 7. The Morgan fingerprint density at radius 2 is 1.89 bits per heavy atom. The molecule has 0 aliphatic heterocycles. The fourth-order valence-corrected chi connectivity index (χ4v) is 3.74. The molecule has 2 rings (SSSR count). The highest BCUT2D eigenvalue weighted by atomic mass is 32.2. The molecule has 0 spiro atoms. The van der Waals surface area contributed by atoms with E-state index in [4.69, 9.17) is 5.26 Å². The number of benzene rings is 1. The number of hydrogen-bond acceptors (Lipinski definition) is 5. The number of nitriles is 1. The monoisotopic (exact) mass is 390 g/mol. The second-order valence-corrected chi connectivity index (χ2v) is 8.09. The lowest BCUT2D eigenvalue weighted by Crippen LogP contribution is -2.58. The lowest BCUT2D eigenvalue weighted by atomic mass is 9.91. The van der Waals surface area contributed by atoms with E-state index in [-0.39, 0.29) is 6.54 Å². The van der Waals surface area contributed by atoms with Gasteiger partial charge in [0.05, 0.1) is 17.8 Å². The van der Waals surface area contributed by atoms with Crippen LogP contribution in [0.5, 0.6) is 0 Å². The second-order valence-electron chi connectivity index (χ2n) is 6.23. The molecule has 1 heterocycles. The number of amides is 2. The molecule has 27 heavy (non-hydrogen) atoms. The lowest BCUT2D eigenvalue weighted by Gasteiger charge is -2.31. The number of carbonyl (C=O) groups excluding carboxylic acids is 2. The zero-order chi connectivity index (χ0) is 20.2. The van der Waals surface area contributed by atoms with E-state index in [0.717, 1.165) is 10.2 Å². The van der Waals surface area contributed by atoms with Gasteiger partial charge in [-0.05, 0) is 37.1 Å². The van der Waals surface area contributed by atoms with Gasteiger partial charge in [0.15, 0.2) is 0 Å². The largest absolute Gasteiger partial charge is 0.341 e. The first-order valence-corrected chi connectivity index (χ1v) is 10.3. The summed E-state index contributed by atoms with van der Waals surface area (Å²) in [5.41, 5.74) is -0.340. The van der Waals surface area contributed by atoms with Gasteiger partial charge in [0, 0.05) is 17.1 Å². The van der Waals surface area contributed by atoms with E-state index in [2.05, 4.69) is 10.6 Å². The number of nitrogens with zero attached hydrogens (tertiary/aromatic N) is 2. The molecule has 0 fully saturated rings. The summed E-state index contributed by atoms with van der Waals surface area (Å²) in [5, 5.41) is 14.5. The van der Waals surface area contributed by atoms with Crippen LogP contribution < -0.4 is 10.6 Å². The van der Waals surface area contributed by atoms with Crippen molar-refractivity contribution in [1.29, 1.82) is 5.26 Å². The van der Waals surface area contributed by atoms with Crippen molar-refractivity contribution < 1.29 is 18.0 Å². The van der Waals surface area contributed by atoms with Crippen molar-refractivity contribution in [3.05, 3.63) is 36.0 Å². The molecular weight excluding hydrogens is 368 g/mol. The van der Waals surface area contributed by atoms with Crippen LogP contribution in [-0.4, -0.2) is 42.5 Å². The van der Waals surface area contributed by atoms with E-state index in [0.29, 0.717) is 29.3 Å². The molecule has 0 aliphatic rings. The highest BCUT2D eigenvalue weighted by Crippen LogP contribution is 2.21. The summed E-state index contributed by atoms with van der Waals surface area (Å²) in [4.78, 5) is 25.2. The van der Waals surface area contributed by atoms with E-state index >= 15 is 0 Å². The summed E-state index contributed by atoms with van der Waals surface area (Å²) < 4.78 is 24.7. The molecule has 0 aliphatic carbocycles. The molecule has 1 aromatic heterocycles. The molecule has 0 atom stereocenters. The molecule has 144 valence electrons. The topological polar surface area (TPSA) is 121 Å². The van der Waals surface area contributed by atoms with Crippen molar-refractivity contribution in [3.63, 3.8) is 0 Å². The van der Waals surface area contributed by atoms with Crippen LogP contribution in [0.4, 0.5) is 0 Å². The van der Waals surface area contributed by atoms with E-state index in [1.807, 2.05) is 6.07 Å². The maximum Gasteiger partial charge on any atom is 0.252 e. The predicted molar refractivity (Wildman–Crippen MR) is 102 cm³/mol. The summed E-state index contributed by atoms with van der Waals surface area (Å²) >= 11 is 0. The maximum absolute atomic E-state index is 12.7. The highest BCUT2D eigenvalue weighted by molar-refractivity contribution is 7.89. The first-order chi connectivity index (χ1) is 12.7. The Kier molecular flexibility index (Phi) is 5.91. The fourth-order valence-electron chi connectivity index (χ4n) is 2.93. The van der Waals surface area contributed by atoms with Gasteiger partial charge in [-0.25, -0.2) is 12.4 Å². The molecular formula is C18H22N4O4S. The van der Waals surface area contributed by atoms with Crippen molar-refractivity contribution in [2.75, 3.05) is 12.8 Å². The van der Waals surface area contributed by atoms with Gasteiger partial charge >= 0.3 is 0 Å². The molecule has 8 nitrogen and oxygen atoms in total. The number of fused-ring (bicyclic) bond motifs is 1. The molecule has 0 unspecified atom stereocenters. The van der Waals surface area contributed by atoms with Crippen molar-refractivity contribution in [3.8, 4) is 6.07 Å². The van der Waals surface area contributed by atoms with Gasteiger partial charge in [-0.1, -0.05) is 13.8 Å². The molecule has 2 N–H and O–H groups in total. The summed E-state index contributed by atoms with van der Waals surface area (Å²) in [6, 6.07) is 8.10. The van der Waals surface area contributed by atoms with Crippen LogP contribution in [0.25, 0.3) is 10.9 Å². The Morgan fingerprint density at radius 1 is 1.22 bits per heavy atom.